The molecule has 0 aliphatic carbocycles. The van der Waals surface area contributed by atoms with Gasteiger partial charge in [0.25, 0.3) is 0 Å². The normalized spacial score (nSPS) is 11.4. The first-order chi connectivity index (χ1) is 26.2. The molecule has 0 atom stereocenters. The Morgan fingerprint density at radius 1 is 0.302 bits per heavy atom. The number of hydrogen-bond donors (Lipinski definition) is 0. The highest BCUT2D eigenvalue weighted by Crippen LogP contribution is 2.40. The Kier molecular flexibility index (Phi) is 7.40. The molecule has 0 aliphatic heterocycles. The third-order valence-corrected chi connectivity index (χ3v) is 9.77. The molecule has 0 saturated heterocycles. The van der Waals surface area contributed by atoms with Crippen molar-refractivity contribution in [2.45, 2.75) is 0 Å². The van der Waals surface area contributed by atoms with Gasteiger partial charge in [0.05, 0.1) is 5.52 Å². The Hall–Kier alpha value is -7.24. The molecule has 0 spiro atoms. The van der Waals surface area contributed by atoms with Crippen LogP contribution in [0, 0.1) is 0 Å². The molecule has 53 heavy (non-hydrogen) atoms. The number of hydrogen-bond acceptors (Lipinski definition) is 5. The highest BCUT2D eigenvalue weighted by molar-refractivity contribution is 6.15. The van der Waals surface area contributed by atoms with Crippen molar-refractivity contribution in [1.29, 1.82) is 0 Å². The summed E-state index contributed by atoms with van der Waals surface area (Å²) in [6.45, 7) is 0. The first-order valence-electron chi connectivity index (χ1n) is 17.6. The number of rotatable bonds is 6. The summed E-state index contributed by atoms with van der Waals surface area (Å²) >= 11 is 0. The minimum absolute atomic E-state index is 0.601. The Labute approximate surface area is 305 Å². The van der Waals surface area contributed by atoms with Crippen molar-refractivity contribution in [3.63, 3.8) is 0 Å². The van der Waals surface area contributed by atoms with E-state index in [1.54, 1.807) is 0 Å². The summed E-state index contributed by atoms with van der Waals surface area (Å²) in [4.78, 5) is 20.1. The number of aromatic nitrogens is 4. The highest BCUT2D eigenvalue weighted by Gasteiger charge is 2.19. The molecule has 0 saturated carbocycles. The molecule has 5 heteroatoms. The van der Waals surface area contributed by atoms with Gasteiger partial charge >= 0.3 is 0 Å². The second-order valence-electron chi connectivity index (χ2n) is 13.1. The van der Waals surface area contributed by atoms with Crippen LogP contribution in [0.25, 0.3) is 101 Å². The van der Waals surface area contributed by atoms with Crippen LogP contribution in [0.4, 0.5) is 0 Å². The maximum atomic E-state index is 6.47. The Bertz CT molecular complexity index is 2800. The van der Waals surface area contributed by atoms with Crippen molar-refractivity contribution in [2.24, 2.45) is 0 Å². The zero-order valence-electron chi connectivity index (χ0n) is 28.5. The van der Waals surface area contributed by atoms with E-state index >= 15 is 0 Å². The lowest BCUT2D eigenvalue weighted by Gasteiger charge is -2.11. The minimum atomic E-state index is 0.601. The lowest BCUT2D eigenvalue weighted by Crippen LogP contribution is -2.00. The number of benzene rings is 7. The van der Waals surface area contributed by atoms with Crippen LogP contribution in [0.15, 0.2) is 186 Å². The molecular weight excluding hydrogens is 649 g/mol. The molecule has 0 N–H and O–H groups in total. The molecule has 0 bridgehead atoms. The van der Waals surface area contributed by atoms with Gasteiger partial charge in [0.1, 0.15) is 11.1 Å². The number of fused-ring (bicyclic) bond motifs is 4. The van der Waals surface area contributed by atoms with Gasteiger partial charge in [-0.1, -0.05) is 164 Å². The molecule has 10 aromatic rings. The molecule has 7 aromatic carbocycles. The smallest absolute Gasteiger partial charge is 0.164 e. The fourth-order valence-electron chi connectivity index (χ4n) is 7.06. The molecule has 0 radical (unpaired) electrons. The molecular formula is C48H30N4O. The number of furan rings is 1. The van der Waals surface area contributed by atoms with Crippen LogP contribution in [0.1, 0.15) is 0 Å². The molecule has 0 aliphatic rings. The minimum Gasteiger partial charge on any atom is -0.454 e. The first-order valence-corrected chi connectivity index (χ1v) is 17.6. The van der Waals surface area contributed by atoms with Crippen molar-refractivity contribution >= 4 is 33.0 Å². The topological polar surface area (TPSA) is 64.7 Å². The molecule has 0 fully saturated rings. The fourth-order valence-corrected chi connectivity index (χ4v) is 7.06. The largest absolute Gasteiger partial charge is 0.454 e. The monoisotopic (exact) mass is 678 g/mol. The summed E-state index contributed by atoms with van der Waals surface area (Å²) < 4.78 is 6.47. The zero-order chi connectivity index (χ0) is 35.1. The van der Waals surface area contributed by atoms with E-state index in [1.165, 1.54) is 0 Å². The number of para-hydroxylation sites is 2. The molecule has 10 rings (SSSR count). The van der Waals surface area contributed by atoms with Crippen molar-refractivity contribution in [3.05, 3.63) is 182 Å². The Morgan fingerprint density at radius 3 is 1.23 bits per heavy atom. The van der Waals surface area contributed by atoms with Crippen LogP contribution < -0.4 is 0 Å². The predicted molar refractivity (Wildman–Crippen MR) is 215 cm³/mol. The SMILES string of the molecule is c1ccc(-c2ccc(-c3nc(-c4ccc(-c5ccccc5)cc4)nc(-c4ccc(-c5c6ccccc6nc6c5oc5ccccc56)cc4)n3)cc2)cc1. The second-order valence-corrected chi connectivity index (χ2v) is 13.1. The third-order valence-electron chi connectivity index (χ3n) is 9.77. The Morgan fingerprint density at radius 2 is 0.698 bits per heavy atom. The first kappa shape index (κ1) is 30.6. The molecule has 3 aromatic heterocycles. The average Bonchev–Trinajstić information content (AvgIpc) is 3.61. The van der Waals surface area contributed by atoms with Crippen LogP contribution in [0.3, 0.4) is 0 Å². The van der Waals surface area contributed by atoms with E-state index in [4.69, 9.17) is 24.4 Å². The summed E-state index contributed by atoms with van der Waals surface area (Å²) in [5, 5.41) is 2.04. The van der Waals surface area contributed by atoms with E-state index in [-0.39, 0.29) is 0 Å². The van der Waals surface area contributed by atoms with E-state index in [1.807, 2.05) is 42.5 Å². The van der Waals surface area contributed by atoms with Crippen molar-refractivity contribution in [2.75, 3.05) is 0 Å². The lowest BCUT2D eigenvalue weighted by molar-refractivity contribution is 0.670. The van der Waals surface area contributed by atoms with E-state index in [9.17, 15) is 0 Å². The summed E-state index contributed by atoms with van der Waals surface area (Å²) in [6.07, 6.45) is 0. The molecule has 5 nitrogen and oxygen atoms in total. The predicted octanol–water partition coefficient (Wildman–Crippen LogP) is 12.3. The molecule has 0 unspecified atom stereocenters. The Balaban J connectivity index is 1.08. The van der Waals surface area contributed by atoms with E-state index in [0.717, 1.165) is 83.0 Å². The summed E-state index contributed by atoms with van der Waals surface area (Å²) in [5.41, 5.74) is 12.8. The quantitative estimate of drug-likeness (QED) is 0.175. The van der Waals surface area contributed by atoms with Crippen LogP contribution in [0.5, 0.6) is 0 Å². The maximum Gasteiger partial charge on any atom is 0.164 e. The van der Waals surface area contributed by atoms with E-state index in [0.29, 0.717) is 17.5 Å². The van der Waals surface area contributed by atoms with Crippen LogP contribution in [-0.2, 0) is 0 Å². The molecule has 3 heterocycles. The van der Waals surface area contributed by atoms with Crippen molar-refractivity contribution in [3.8, 4) is 67.5 Å². The average molecular weight is 679 g/mol. The third kappa shape index (κ3) is 5.61. The van der Waals surface area contributed by atoms with Gasteiger partial charge in [0, 0.05) is 33.0 Å². The van der Waals surface area contributed by atoms with E-state index < -0.39 is 0 Å². The summed E-state index contributed by atoms with van der Waals surface area (Å²) in [6, 6.07) is 62.3. The standard InChI is InChI=1S/C48H30N4O/c1-3-11-31(12-4-1)33-19-25-36(26-20-33)46-50-47(37-27-21-34(22-28-37)32-13-5-2-6-14-32)52-48(51-46)38-29-23-35(24-30-38)43-39-15-7-9-17-41(39)49-44-40-16-8-10-18-42(40)53-45(43)44/h1-30H. The highest BCUT2D eigenvalue weighted by atomic mass is 16.3. The van der Waals surface area contributed by atoms with Gasteiger partial charge in [-0.2, -0.15) is 0 Å². The van der Waals surface area contributed by atoms with Gasteiger partial charge in [0.15, 0.2) is 23.1 Å². The van der Waals surface area contributed by atoms with Crippen molar-refractivity contribution in [1.82, 2.24) is 19.9 Å². The van der Waals surface area contributed by atoms with Gasteiger partial charge in [-0.25, -0.2) is 19.9 Å². The number of pyridine rings is 1. The maximum absolute atomic E-state index is 6.47. The van der Waals surface area contributed by atoms with Crippen LogP contribution in [-0.4, -0.2) is 19.9 Å². The van der Waals surface area contributed by atoms with Crippen LogP contribution in [0.2, 0.25) is 0 Å². The second kappa shape index (κ2) is 12.8. The van der Waals surface area contributed by atoms with Gasteiger partial charge < -0.3 is 4.42 Å². The van der Waals surface area contributed by atoms with Crippen LogP contribution >= 0.6 is 0 Å². The van der Waals surface area contributed by atoms with Gasteiger partial charge in [-0.3, -0.25) is 0 Å². The molecule has 248 valence electrons. The zero-order valence-corrected chi connectivity index (χ0v) is 28.5. The van der Waals surface area contributed by atoms with Gasteiger partial charge in [-0.05, 0) is 46.0 Å². The fraction of sp³-hybridized carbons (Fsp3) is 0. The molecule has 0 amide bonds. The van der Waals surface area contributed by atoms with Gasteiger partial charge in [0.2, 0.25) is 0 Å². The summed E-state index contributed by atoms with van der Waals surface area (Å²) in [7, 11) is 0. The van der Waals surface area contributed by atoms with Crippen molar-refractivity contribution < 1.29 is 4.42 Å². The van der Waals surface area contributed by atoms with Gasteiger partial charge in [-0.15, -0.1) is 0 Å². The summed E-state index contributed by atoms with van der Waals surface area (Å²) in [5.74, 6) is 1.83. The number of nitrogens with zero attached hydrogens (tertiary/aromatic N) is 4. The van der Waals surface area contributed by atoms with E-state index in [2.05, 4.69) is 140 Å². The lowest BCUT2D eigenvalue weighted by atomic mass is 9.98.